The van der Waals surface area contributed by atoms with Crippen LogP contribution in [-0.2, 0) is 5.54 Å². The van der Waals surface area contributed by atoms with Crippen LogP contribution in [0.3, 0.4) is 0 Å². The Balaban J connectivity index is 3.04. The summed E-state index contributed by atoms with van der Waals surface area (Å²) in [6.45, 7) is 3.42. The molecule has 2 N–H and O–H groups in total. The van der Waals surface area contributed by atoms with Gasteiger partial charge in [0.25, 0.3) is 0 Å². The van der Waals surface area contributed by atoms with Gasteiger partial charge in [-0.3, -0.25) is 0 Å². The molecule has 1 rings (SSSR count). The van der Waals surface area contributed by atoms with Crippen LogP contribution in [0.4, 0.5) is 9.18 Å². The lowest BCUT2D eigenvalue weighted by molar-refractivity contribution is 0.182. The molecule has 82 valence electrons. The molecule has 0 aliphatic rings. The van der Waals surface area contributed by atoms with Gasteiger partial charge >= 0.3 is 6.09 Å². The Morgan fingerprint density at radius 3 is 2.60 bits per heavy atom. The minimum atomic E-state index is -1.11. The zero-order chi connectivity index (χ0) is 11.6. The van der Waals surface area contributed by atoms with Gasteiger partial charge in [0.2, 0.25) is 0 Å². The first-order chi connectivity index (χ1) is 6.83. The van der Waals surface area contributed by atoms with Crippen molar-refractivity contribution in [2.24, 2.45) is 0 Å². The summed E-state index contributed by atoms with van der Waals surface area (Å²) < 4.78 is 13.3. The van der Waals surface area contributed by atoms with Gasteiger partial charge in [-0.25, -0.2) is 9.18 Å². The fraction of sp³-hybridized carbons (Fsp3) is 0.300. The first-order valence-electron chi connectivity index (χ1n) is 4.29. The maximum atomic E-state index is 13.0. The summed E-state index contributed by atoms with van der Waals surface area (Å²) in [6, 6.07) is 4.41. The number of hydrogen-bond donors (Lipinski definition) is 2. The van der Waals surface area contributed by atoms with Crippen molar-refractivity contribution < 1.29 is 14.3 Å². The molecule has 0 saturated heterocycles. The summed E-state index contributed by atoms with van der Waals surface area (Å²) in [7, 11) is 0. The first kappa shape index (κ1) is 12.0. The SMILES string of the molecule is CC(C)(NC(=O)O)c1ccc(F)c(Br)c1. The van der Waals surface area contributed by atoms with Crippen molar-refractivity contribution in [3.63, 3.8) is 0 Å². The highest BCUT2D eigenvalue weighted by Gasteiger charge is 2.23. The molecule has 0 fully saturated rings. The highest BCUT2D eigenvalue weighted by Crippen LogP contribution is 2.25. The average molecular weight is 276 g/mol. The third-order valence-corrected chi connectivity index (χ3v) is 2.67. The quantitative estimate of drug-likeness (QED) is 0.872. The second-order valence-electron chi connectivity index (χ2n) is 3.68. The Kier molecular flexibility index (Phi) is 3.34. The van der Waals surface area contributed by atoms with E-state index in [0.717, 1.165) is 0 Å². The van der Waals surface area contributed by atoms with E-state index in [1.165, 1.54) is 6.07 Å². The highest BCUT2D eigenvalue weighted by molar-refractivity contribution is 9.10. The van der Waals surface area contributed by atoms with Crippen molar-refractivity contribution in [1.82, 2.24) is 5.32 Å². The first-order valence-corrected chi connectivity index (χ1v) is 5.09. The molecule has 0 spiro atoms. The van der Waals surface area contributed by atoms with Crippen LogP contribution in [0.15, 0.2) is 22.7 Å². The van der Waals surface area contributed by atoms with Gasteiger partial charge in [0.05, 0.1) is 10.0 Å². The van der Waals surface area contributed by atoms with Crippen molar-refractivity contribution in [1.29, 1.82) is 0 Å². The fourth-order valence-electron chi connectivity index (χ4n) is 1.22. The molecule has 0 unspecified atom stereocenters. The molecule has 1 aromatic carbocycles. The summed E-state index contributed by atoms with van der Waals surface area (Å²) in [6.07, 6.45) is -1.11. The van der Waals surface area contributed by atoms with E-state index in [-0.39, 0.29) is 5.82 Å². The molecule has 5 heteroatoms. The third kappa shape index (κ3) is 2.92. The van der Waals surface area contributed by atoms with Crippen LogP contribution >= 0.6 is 15.9 Å². The van der Waals surface area contributed by atoms with E-state index < -0.39 is 11.6 Å². The molecule has 0 aliphatic heterocycles. The zero-order valence-electron chi connectivity index (χ0n) is 8.34. The molecule has 0 saturated carbocycles. The smallest absolute Gasteiger partial charge is 0.405 e. The van der Waals surface area contributed by atoms with Crippen molar-refractivity contribution >= 4 is 22.0 Å². The Morgan fingerprint density at radius 2 is 2.13 bits per heavy atom. The Morgan fingerprint density at radius 1 is 1.53 bits per heavy atom. The van der Waals surface area contributed by atoms with Crippen LogP contribution in [0.5, 0.6) is 0 Å². The van der Waals surface area contributed by atoms with E-state index in [1.807, 2.05) is 0 Å². The van der Waals surface area contributed by atoms with Crippen LogP contribution in [0.2, 0.25) is 0 Å². The van der Waals surface area contributed by atoms with E-state index in [0.29, 0.717) is 10.0 Å². The van der Waals surface area contributed by atoms with Crippen LogP contribution in [0, 0.1) is 5.82 Å². The van der Waals surface area contributed by atoms with E-state index >= 15 is 0 Å². The maximum absolute atomic E-state index is 13.0. The highest BCUT2D eigenvalue weighted by atomic mass is 79.9. The number of hydrogen-bond acceptors (Lipinski definition) is 1. The number of carboxylic acid groups (broad SMARTS) is 1. The van der Waals surface area contributed by atoms with Gasteiger partial charge in [-0.1, -0.05) is 6.07 Å². The molecule has 0 heterocycles. The van der Waals surface area contributed by atoms with Crippen LogP contribution in [0.25, 0.3) is 0 Å². The molecule has 15 heavy (non-hydrogen) atoms. The van der Waals surface area contributed by atoms with Gasteiger partial charge in [-0.05, 0) is 47.5 Å². The van der Waals surface area contributed by atoms with E-state index in [4.69, 9.17) is 5.11 Å². The number of nitrogens with one attached hydrogen (secondary N) is 1. The van der Waals surface area contributed by atoms with E-state index in [2.05, 4.69) is 21.2 Å². The summed E-state index contributed by atoms with van der Waals surface area (Å²) in [5, 5.41) is 11.0. The van der Waals surface area contributed by atoms with Crippen LogP contribution < -0.4 is 5.32 Å². The van der Waals surface area contributed by atoms with Crippen molar-refractivity contribution in [2.45, 2.75) is 19.4 Å². The molecular formula is C10H11BrFNO2. The second kappa shape index (κ2) is 4.18. The van der Waals surface area contributed by atoms with Crippen LogP contribution in [0.1, 0.15) is 19.4 Å². The normalized spacial score (nSPS) is 11.2. The van der Waals surface area contributed by atoms with Gasteiger partial charge < -0.3 is 10.4 Å². The third-order valence-electron chi connectivity index (χ3n) is 2.06. The van der Waals surface area contributed by atoms with Crippen molar-refractivity contribution in [2.75, 3.05) is 0 Å². The Labute approximate surface area is 95.4 Å². The van der Waals surface area contributed by atoms with Crippen LogP contribution in [-0.4, -0.2) is 11.2 Å². The summed E-state index contributed by atoms with van der Waals surface area (Å²) in [4.78, 5) is 10.5. The second-order valence-corrected chi connectivity index (χ2v) is 4.54. The van der Waals surface area contributed by atoms with E-state index in [9.17, 15) is 9.18 Å². The van der Waals surface area contributed by atoms with Gasteiger partial charge in [-0.2, -0.15) is 0 Å². The van der Waals surface area contributed by atoms with Gasteiger partial charge in [0, 0.05) is 0 Å². The molecule has 3 nitrogen and oxygen atoms in total. The van der Waals surface area contributed by atoms with Gasteiger partial charge in [-0.15, -0.1) is 0 Å². The van der Waals surface area contributed by atoms with Gasteiger partial charge in [0.1, 0.15) is 5.82 Å². The maximum Gasteiger partial charge on any atom is 0.405 e. The molecule has 0 radical (unpaired) electrons. The molecule has 0 atom stereocenters. The summed E-state index contributed by atoms with van der Waals surface area (Å²) >= 11 is 3.05. The number of rotatable bonds is 2. The number of carbonyl (C=O) groups is 1. The standard InChI is InChI=1S/C10H11BrFNO2/c1-10(2,13-9(14)15)6-3-4-8(12)7(11)5-6/h3-5,13H,1-2H3,(H,14,15). The number of benzene rings is 1. The molecule has 0 bridgehead atoms. The lowest BCUT2D eigenvalue weighted by atomic mass is 9.94. The summed E-state index contributed by atoms with van der Waals surface area (Å²) in [5.41, 5.74) is -0.0552. The average Bonchev–Trinajstić information content (AvgIpc) is 2.07. The number of amides is 1. The molecule has 0 aliphatic carbocycles. The lowest BCUT2D eigenvalue weighted by Gasteiger charge is -2.25. The summed E-state index contributed by atoms with van der Waals surface area (Å²) in [5.74, 6) is -0.370. The minimum absolute atomic E-state index is 0.320. The Bertz CT molecular complexity index is 393. The molecule has 0 aromatic heterocycles. The minimum Gasteiger partial charge on any atom is -0.465 e. The molecular weight excluding hydrogens is 265 g/mol. The van der Waals surface area contributed by atoms with Crippen molar-refractivity contribution in [3.05, 3.63) is 34.1 Å². The molecule has 1 amide bonds. The van der Waals surface area contributed by atoms with E-state index in [1.54, 1.807) is 26.0 Å². The topological polar surface area (TPSA) is 49.3 Å². The molecule has 1 aromatic rings. The monoisotopic (exact) mass is 275 g/mol. The predicted molar refractivity (Wildman–Crippen MR) is 58.3 cm³/mol. The number of halogens is 2. The lowest BCUT2D eigenvalue weighted by Crippen LogP contribution is -2.40. The van der Waals surface area contributed by atoms with Crippen molar-refractivity contribution in [3.8, 4) is 0 Å². The fourth-order valence-corrected chi connectivity index (χ4v) is 1.60. The van der Waals surface area contributed by atoms with Gasteiger partial charge in [0.15, 0.2) is 0 Å². The largest absolute Gasteiger partial charge is 0.465 e. The zero-order valence-corrected chi connectivity index (χ0v) is 9.93. The predicted octanol–water partition coefficient (Wildman–Crippen LogP) is 3.09. The Hall–Kier alpha value is -1.10.